The van der Waals surface area contributed by atoms with Crippen LogP contribution in [0, 0.1) is 0 Å². The third-order valence-electron chi connectivity index (χ3n) is 3.47. The molecule has 2 N–H and O–H groups in total. The molecule has 0 radical (unpaired) electrons. The molecule has 20 heavy (non-hydrogen) atoms. The molecule has 6 heteroatoms. The lowest BCUT2D eigenvalue weighted by atomic mass is 10.3. The highest BCUT2D eigenvalue weighted by atomic mass is 35.5. The van der Waals surface area contributed by atoms with E-state index in [-0.39, 0.29) is 0 Å². The highest BCUT2D eigenvalue weighted by Gasteiger charge is 2.29. The van der Waals surface area contributed by atoms with E-state index >= 15 is 0 Å². The minimum absolute atomic E-state index is 0.622. The van der Waals surface area contributed by atoms with Crippen molar-refractivity contribution in [3.63, 3.8) is 0 Å². The predicted octanol–water partition coefficient (Wildman–Crippen LogP) is 1.95. The summed E-state index contributed by atoms with van der Waals surface area (Å²) < 4.78 is 0. The molecule has 104 valence electrons. The van der Waals surface area contributed by atoms with Gasteiger partial charge >= 0.3 is 0 Å². The number of aromatic nitrogens is 2. The number of H-pyrrole nitrogens is 2. The van der Waals surface area contributed by atoms with Crippen LogP contribution in [0.25, 0.3) is 0 Å². The van der Waals surface area contributed by atoms with Gasteiger partial charge in [0, 0.05) is 6.07 Å². The fourth-order valence-corrected chi connectivity index (χ4v) is 2.94. The van der Waals surface area contributed by atoms with Crippen LogP contribution in [0.2, 0.25) is 10.0 Å². The number of nitrogens with zero attached hydrogens (tertiary/aromatic N) is 2. The molecule has 0 atom stereocenters. The summed E-state index contributed by atoms with van der Waals surface area (Å²) in [4.78, 5) is 11.0. The lowest BCUT2D eigenvalue weighted by Gasteiger charge is -2.27. The summed E-state index contributed by atoms with van der Waals surface area (Å²) in [5, 5.41) is 1.29. The molecule has 0 aromatic carbocycles. The van der Waals surface area contributed by atoms with Crippen molar-refractivity contribution < 1.29 is 9.97 Å². The van der Waals surface area contributed by atoms with Gasteiger partial charge in [0.05, 0.1) is 11.2 Å². The Morgan fingerprint density at radius 2 is 1.70 bits per heavy atom. The van der Waals surface area contributed by atoms with Crippen molar-refractivity contribution in [3.8, 4) is 0 Å². The number of hydrogen-bond acceptors (Lipinski definition) is 2. The maximum Gasteiger partial charge on any atom is 0.293 e. The first-order chi connectivity index (χ1) is 9.74. The Bertz CT molecular complexity index is 583. The van der Waals surface area contributed by atoms with E-state index in [2.05, 4.69) is 25.8 Å². The average molecular weight is 311 g/mol. The second-order valence-electron chi connectivity index (χ2n) is 4.74. The van der Waals surface area contributed by atoms with Crippen LogP contribution >= 0.6 is 23.2 Å². The highest BCUT2D eigenvalue weighted by Crippen LogP contribution is 2.24. The molecule has 0 aliphatic carbocycles. The molecule has 4 nitrogen and oxygen atoms in total. The van der Waals surface area contributed by atoms with Gasteiger partial charge in [0.2, 0.25) is 0 Å². The Hall–Kier alpha value is -1.52. The molecule has 2 aromatic heterocycles. The van der Waals surface area contributed by atoms with E-state index in [1.807, 2.05) is 18.3 Å². The highest BCUT2D eigenvalue weighted by molar-refractivity contribution is 6.35. The number of pyridine rings is 2. The molecule has 0 unspecified atom stereocenters. The van der Waals surface area contributed by atoms with E-state index in [1.54, 1.807) is 12.3 Å². The summed E-state index contributed by atoms with van der Waals surface area (Å²) in [7, 11) is 0. The predicted molar refractivity (Wildman–Crippen MR) is 80.4 cm³/mol. The second kappa shape index (κ2) is 5.85. The van der Waals surface area contributed by atoms with Gasteiger partial charge in [-0.3, -0.25) is 9.80 Å². The number of aromatic amines is 2. The zero-order valence-corrected chi connectivity index (χ0v) is 12.5. The minimum Gasteiger partial charge on any atom is -0.254 e. The first-order valence-electron chi connectivity index (χ1n) is 6.57. The smallest absolute Gasteiger partial charge is 0.254 e. The summed E-state index contributed by atoms with van der Waals surface area (Å²) in [5.74, 6) is 2.09. The third kappa shape index (κ3) is 2.81. The van der Waals surface area contributed by atoms with Gasteiger partial charge in [-0.15, -0.1) is 0 Å². The van der Waals surface area contributed by atoms with Crippen molar-refractivity contribution in [2.75, 3.05) is 36.0 Å². The van der Waals surface area contributed by atoms with Crippen molar-refractivity contribution in [1.29, 1.82) is 0 Å². The Morgan fingerprint density at radius 3 is 2.35 bits per heavy atom. The zero-order valence-electron chi connectivity index (χ0n) is 10.9. The molecule has 1 fully saturated rings. The summed E-state index contributed by atoms with van der Waals surface area (Å²) in [6.45, 7) is 3.74. The van der Waals surface area contributed by atoms with Crippen LogP contribution in [0.1, 0.15) is 0 Å². The van der Waals surface area contributed by atoms with Gasteiger partial charge < -0.3 is 0 Å². The molecule has 0 bridgehead atoms. The topological polar surface area (TPSA) is 34.8 Å². The van der Waals surface area contributed by atoms with Crippen LogP contribution in [0.3, 0.4) is 0 Å². The van der Waals surface area contributed by atoms with Crippen LogP contribution in [0.15, 0.2) is 36.7 Å². The van der Waals surface area contributed by atoms with Gasteiger partial charge in [-0.25, -0.2) is 9.97 Å². The molecule has 3 rings (SSSR count). The largest absolute Gasteiger partial charge is 0.293 e. The Balaban J connectivity index is 1.69. The van der Waals surface area contributed by atoms with Crippen molar-refractivity contribution in [2.45, 2.75) is 0 Å². The quantitative estimate of drug-likeness (QED) is 0.850. The molecule has 1 aliphatic heterocycles. The van der Waals surface area contributed by atoms with E-state index in [9.17, 15) is 0 Å². The summed E-state index contributed by atoms with van der Waals surface area (Å²) in [6, 6.07) is 7.90. The van der Waals surface area contributed by atoms with Crippen molar-refractivity contribution >= 4 is 34.8 Å². The normalized spacial score (nSPS) is 15.5. The van der Waals surface area contributed by atoms with E-state index in [4.69, 9.17) is 23.2 Å². The van der Waals surface area contributed by atoms with E-state index in [0.29, 0.717) is 10.0 Å². The summed E-state index contributed by atoms with van der Waals surface area (Å²) in [6.07, 6.45) is 3.71. The molecule has 0 saturated carbocycles. The van der Waals surface area contributed by atoms with Gasteiger partial charge in [0.25, 0.3) is 11.6 Å². The average Bonchev–Trinajstić information content (AvgIpc) is 2.48. The van der Waals surface area contributed by atoms with Crippen molar-refractivity contribution in [2.24, 2.45) is 0 Å². The standard InChI is InChI=1S/C14H14Cl2N4/c15-11-9-12(16)14(18-10-11)20-7-5-19(6-8-20)13-3-1-2-4-17-13/h1-4,9-10H,5-8H2/p+2. The summed E-state index contributed by atoms with van der Waals surface area (Å²) >= 11 is 12.2. The Kier molecular flexibility index (Phi) is 3.94. The number of halogens is 2. The first-order valence-corrected chi connectivity index (χ1v) is 7.33. The van der Waals surface area contributed by atoms with Crippen molar-refractivity contribution in [3.05, 3.63) is 46.7 Å². The van der Waals surface area contributed by atoms with Gasteiger partial charge in [-0.05, 0) is 12.1 Å². The van der Waals surface area contributed by atoms with Crippen LogP contribution in [-0.4, -0.2) is 26.2 Å². The summed E-state index contributed by atoms with van der Waals surface area (Å²) in [5.41, 5.74) is 0. The molecule has 1 aliphatic rings. The number of hydrogen-bond donors (Lipinski definition) is 0. The molecule has 2 aromatic rings. The number of piperazine rings is 1. The van der Waals surface area contributed by atoms with E-state index in [0.717, 1.165) is 37.8 Å². The molecule has 3 heterocycles. The van der Waals surface area contributed by atoms with E-state index < -0.39 is 0 Å². The fraction of sp³-hybridized carbons (Fsp3) is 0.286. The maximum atomic E-state index is 6.24. The molecular formula is C14H16Cl2N4+2. The maximum absolute atomic E-state index is 6.24. The van der Waals surface area contributed by atoms with Gasteiger partial charge in [0.15, 0.2) is 0 Å². The molecule has 0 spiro atoms. The second-order valence-corrected chi connectivity index (χ2v) is 5.58. The van der Waals surface area contributed by atoms with Gasteiger partial charge in [-0.1, -0.05) is 29.3 Å². The molecule has 0 amide bonds. The van der Waals surface area contributed by atoms with Gasteiger partial charge in [0.1, 0.15) is 37.4 Å². The Morgan fingerprint density at radius 1 is 0.950 bits per heavy atom. The number of anilines is 2. The van der Waals surface area contributed by atoms with Crippen LogP contribution in [0.4, 0.5) is 11.6 Å². The van der Waals surface area contributed by atoms with Crippen LogP contribution in [-0.2, 0) is 0 Å². The van der Waals surface area contributed by atoms with Crippen molar-refractivity contribution in [1.82, 2.24) is 0 Å². The lowest BCUT2D eigenvalue weighted by Crippen LogP contribution is -2.49. The number of rotatable bonds is 2. The van der Waals surface area contributed by atoms with Gasteiger partial charge in [-0.2, -0.15) is 0 Å². The first kappa shape index (κ1) is 13.5. The monoisotopic (exact) mass is 310 g/mol. The van der Waals surface area contributed by atoms with E-state index in [1.165, 1.54) is 0 Å². The zero-order chi connectivity index (χ0) is 13.9. The SMILES string of the molecule is Clc1c[nH+]c(N2CCN(c3cccc[nH+]3)CC2)c(Cl)c1. The van der Waals surface area contributed by atoms with Crippen LogP contribution < -0.4 is 19.8 Å². The third-order valence-corrected chi connectivity index (χ3v) is 3.97. The van der Waals surface area contributed by atoms with Crippen LogP contribution in [0.5, 0.6) is 0 Å². The molecule has 1 saturated heterocycles. The Labute approximate surface area is 128 Å². The fourth-order valence-electron chi connectivity index (χ4n) is 2.43. The molecular weight excluding hydrogens is 295 g/mol. The number of nitrogens with one attached hydrogen (secondary N) is 2. The minimum atomic E-state index is 0.622. The lowest BCUT2D eigenvalue weighted by molar-refractivity contribution is -0.366.